The topological polar surface area (TPSA) is 33.2 Å². The fourth-order valence-corrected chi connectivity index (χ4v) is 3.24. The highest BCUT2D eigenvalue weighted by atomic mass is 35.5. The van der Waals surface area contributed by atoms with Gasteiger partial charge in [0.1, 0.15) is 0 Å². The number of halogens is 1. The van der Waals surface area contributed by atoms with Gasteiger partial charge in [-0.1, -0.05) is 38.3 Å². The van der Waals surface area contributed by atoms with Crippen molar-refractivity contribution in [2.75, 3.05) is 13.1 Å². The fourth-order valence-electron chi connectivity index (χ4n) is 2.23. The summed E-state index contributed by atoms with van der Waals surface area (Å²) >= 11 is 7.36. The van der Waals surface area contributed by atoms with Crippen LogP contribution in [0.25, 0.3) is 10.2 Å². The van der Waals surface area contributed by atoms with E-state index in [0.29, 0.717) is 10.0 Å². The van der Waals surface area contributed by atoms with Crippen LogP contribution in [0.3, 0.4) is 0 Å². The van der Waals surface area contributed by atoms with Crippen LogP contribution in [0.1, 0.15) is 49.9 Å². The summed E-state index contributed by atoms with van der Waals surface area (Å²) in [5, 5.41) is 0. The van der Waals surface area contributed by atoms with Gasteiger partial charge in [0.05, 0.1) is 10.2 Å². The van der Waals surface area contributed by atoms with Crippen molar-refractivity contribution >= 4 is 39.1 Å². The molecule has 3 nitrogen and oxygen atoms in total. The van der Waals surface area contributed by atoms with E-state index in [9.17, 15) is 4.79 Å². The maximum atomic E-state index is 12.7. The Morgan fingerprint density at radius 2 is 1.90 bits per heavy atom. The second-order valence-corrected chi connectivity index (χ2v) is 6.76. The number of nitrogens with zero attached hydrogens (tertiary/aromatic N) is 2. The Labute approximate surface area is 134 Å². The molecule has 0 spiro atoms. The lowest BCUT2D eigenvalue weighted by molar-refractivity contribution is 0.0751. The molecule has 2 aromatic rings. The minimum atomic E-state index is 0.0999. The molecule has 114 valence electrons. The lowest BCUT2D eigenvalue weighted by Crippen LogP contribution is -2.32. The lowest BCUT2D eigenvalue weighted by Gasteiger charge is -2.22. The number of aromatic nitrogens is 1. The summed E-state index contributed by atoms with van der Waals surface area (Å²) in [6, 6.07) is 5.67. The highest BCUT2D eigenvalue weighted by Crippen LogP contribution is 2.26. The molecule has 1 aromatic carbocycles. The second-order valence-electron chi connectivity index (χ2n) is 5.15. The monoisotopic (exact) mass is 324 g/mol. The number of benzene rings is 1. The maximum absolute atomic E-state index is 12.7. The van der Waals surface area contributed by atoms with E-state index in [4.69, 9.17) is 11.6 Å². The summed E-state index contributed by atoms with van der Waals surface area (Å²) in [6.45, 7) is 5.94. The molecule has 0 aliphatic rings. The van der Waals surface area contributed by atoms with Gasteiger partial charge < -0.3 is 4.90 Å². The van der Waals surface area contributed by atoms with Crippen molar-refractivity contribution in [2.24, 2.45) is 0 Å². The van der Waals surface area contributed by atoms with Gasteiger partial charge in [0.15, 0.2) is 4.47 Å². The summed E-state index contributed by atoms with van der Waals surface area (Å²) in [6.07, 6.45) is 4.27. The zero-order chi connectivity index (χ0) is 15.2. The number of hydrogen-bond donors (Lipinski definition) is 0. The number of carbonyl (C=O) groups excluding carboxylic acids is 1. The summed E-state index contributed by atoms with van der Waals surface area (Å²) in [5.74, 6) is 0.0999. The standard InChI is InChI=1S/C16H21ClN2OS/c1-3-5-9-19(10-6-4-2)15(20)12-7-8-14-13(11-12)18-16(17)21-14/h7-8,11H,3-6,9-10H2,1-2H3. The minimum absolute atomic E-state index is 0.0999. The van der Waals surface area contributed by atoms with Crippen molar-refractivity contribution in [2.45, 2.75) is 39.5 Å². The number of carbonyl (C=O) groups is 1. The van der Waals surface area contributed by atoms with E-state index >= 15 is 0 Å². The van der Waals surface area contributed by atoms with Gasteiger partial charge in [0.25, 0.3) is 5.91 Å². The van der Waals surface area contributed by atoms with Crippen LogP contribution < -0.4 is 0 Å². The number of fused-ring (bicyclic) bond motifs is 1. The van der Waals surface area contributed by atoms with Crippen molar-refractivity contribution in [3.63, 3.8) is 0 Å². The smallest absolute Gasteiger partial charge is 0.253 e. The fraction of sp³-hybridized carbons (Fsp3) is 0.500. The summed E-state index contributed by atoms with van der Waals surface area (Å²) in [4.78, 5) is 18.9. The zero-order valence-corrected chi connectivity index (χ0v) is 14.1. The highest BCUT2D eigenvalue weighted by Gasteiger charge is 2.16. The maximum Gasteiger partial charge on any atom is 0.253 e. The molecule has 1 heterocycles. The van der Waals surface area contributed by atoms with Gasteiger partial charge >= 0.3 is 0 Å². The molecule has 0 aliphatic heterocycles. The summed E-state index contributed by atoms with van der Waals surface area (Å²) in [5.41, 5.74) is 1.51. The number of thiazole rings is 1. The van der Waals surface area contributed by atoms with Gasteiger partial charge in [0.2, 0.25) is 0 Å². The second kappa shape index (κ2) is 7.76. The van der Waals surface area contributed by atoms with Gasteiger partial charge in [-0.05, 0) is 31.0 Å². The molecule has 5 heteroatoms. The summed E-state index contributed by atoms with van der Waals surface area (Å²) in [7, 11) is 0. The number of amides is 1. The van der Waals surface area contributed by atoms with Crippen LogP contribution in [-0.4, -0.2) is 28.9 Å². The largest absolute Gasteiger partial charge is 0.339 e. The number of unbranched alkanes of at least 4 members (excludes halogenated alkanes) is 2. The van der Waals surface area contributed by atoms with Crippen LogP contribution in [0, 0.1) is 0 Å². The van der Waals surface area contributed by atoms with Crippen molar-refractivity contribution in [3.05, 3.63) is 28.2 Å². The van der Waals surface area contributed by atoms with Crippen molar-refractivity contribution in [3.8, 4) is 0 Å². The van der Waals surface area contributed by atoms with Crippen molar-refractivity contribution in [1.82, 2.24) is 9.88 Å². The summed E-state index contributed by atoms with van der Waals surface area (Å²) < 4.78 is 1.54. The molecule has 0 radical (unpaired) electrons. The quantitative estimate of drug-likeness (QED) is 0.718. The first-order chi connectivity index (χ1) is 10.2. The average molecular weight is 325 g/mol. The molecule has 0 N–H and O–H groups in total. The first kappa shape index (κ1) is 16.2. The molecule has 2 rings (SSSR count). The molecular weight excluding hydrogens is 304 g/mol. The van der Waals surface area contributed by atoms with Crippen LogP contribution in [0.4, 0.5) is 0 Å². The third-order valence-electron chi connectivity index (χ3n) is 3.46. The highest BCUT2D eigenvalue weighted by molar-refractivity contribution is 7.22. The van der Waals surface area contributed by atoms with Crippen molar-refractivity contribution in [1.29, 1.82) is 0 Å². The first-order valence-electron chi connectivity index (χ1n) is 7.51. The first-order valence-corrected chi connectivity index (χ1v) is 8.70. The molecular formula is C16H21ClN2OS. The molecule has 0 saturated heterocycles. The molecule has 1 aromatic heterocycles. The van der Waals surface area contributed by atoms with Gasteiger partial charge in [-0.2, -0.15) is 0 Å². The van der Waals surface area contributed by atoms with Gasteiger partial charge in [-0.25, -0.2) is 4.98 Å². The lowest BCUT2D eigenvalue weighted by atomic mass is 10.1. The molecule has 1 amide bonds. The Morgan fingerprint density at radius 1 is 1.24 bits per heavy atom. The van der Waals surface area contributed by atoms with E-state index in [1.165, 1.54) is 11.3 Å². The van der Waals surface area contributed by atoms with Crippen LogP contribution in [0.2, 0.25) is 4.47 Å². The average Bonchev–Trinajstić information content (AvgIpc) is 2.85. The van der Waals surface area contributed by atoms with Crippen LogP contribution in [0.5, 0.6) is 0 Å². The third kappa shape index (κ3) is 4.17. The third-order valence-corrected chi connectivity index (χ3v) is 4.60. The molecule has 0 atom stereocenters. The minimum Gasteiger partial charge on any atom is -0.339 e. The Kier molecular flexibility index (Phi) is 6.00. The predicted molar refractivity (Wildman–Crippen MR) is 90.3 cm³/mol. The number of rotatable bonds is 7. The normalized spacial score (nSPS) is 11.0. The van der Waals surface area contributed by atoms with Crippen molar-refractivity contribution < 1.29 is 4.79 Å². The van der Waals surface area contributed by atoms with Crippen LogP contribution in [0.15, 0.2) is 18.2 Å². The molecule has 0 saturated carbocycles. The zero-order valence-electron chi connectivity index (χ0n) is 12.6. The van der Waals surface area contributed by atoms with E-state index in [1.54, 1.807) is 0 Å². The SMILES string of the molecule is CCCCN(CCCC)C(=O)c1ccc2sc(Cl)nc2c1. The molecule has 0 fully saturated rings. The Morgan fingerprint density at radius 3 is 2.52 bits per heavy atom. The van der Waals surface area contributed by atoms with E-state index in [2.05, 4.69) is 18.8 Å². The Hall–Kier alpha value is -1.13. The predicted octanol–water partition coefficient (Wildman–Crippen LogP) is 4.99. The van der Waals surface area contributed by atoms with Gasteiger partial charge in [-0.15, -0.1) is 11.3 Å². The molecule has 0 bridgehead atoms. The molecule has 0 unspecified atom stereocenters. The van der Waals surface area contributed by atoms with E-state index in [-0.39, 0.29) is 5.91 Å². The van der Waals surface area contributed by atoms with Gasteiger partial charge in [-0.3, -0.25) is 4.79 Å². The molecule has 21 heavy (non-hydrogen) atoms. The molecule has 0 aliphatic carbocycles. The van der Waals surface area contributed by atoms with E-state index in [0.717, 1.165) is 49.0 Å². The number of hydrogen-bond acceptors (Lipinski definition) is 3. The Balaban J connectivity index is 2.19. The van der Waals surface area contributed by atoms with Gasteiger partial charge in [0, 0.05) is 18.7 Å². The van der Waals surface area contributed by atoms with Crippen LogP contribution in [-0.2, 0) is 0 Å². The van der Waals surface area contributed by atoms with E-state index in [1.807, 2.05) is 23.1 Å². The van der Waals surface area contributed by atoms with Crippen LogP contribution >= 0.6 is 22.9 Å². The Bertz CT molecular complexity index is 603. The van der Waals surface area contributed by atoms with E-state index < -0.39 is 0 Å².